The van der Waals surface area contributed by atoms with Gasteiger partial charge in [-0.3, -0.25) is 19.2 Å². The van der Waals surface area contributed by atoms with Crippen molar-refractivity contribution in [3.05, 3.63) is 131 Å². The summed E-state index contributed by atoms with van der Waals surface area (Å²) in [6, 6.07) is 28.2. The Morgan fingerprint density at radius 3 is 1.88 bits per heavy atom. The van der Waals surface area contributed by atoms with Crippen LogP contribution in [0.1, 0.15) is 116 Å². The molecule has 0 spiro atoms. The average molecular weight is 905 g/mol. The summed E-state index contributed by atoms with van der Waals surface area (Å²) in [7, 11) is 2.35. The largest absolute Gasteiger partial charge is 0.505 e. The molecule has 350 valence electrons. The van der Waals surface area contributed by atoms with Crippen molar-refractivity contribution in [2.75, 3.05) is 31.5 Å². The third-order valence-corrected chi connectivity index (χ3v) is 11.3. The molecule has 4 atom stereocenters. The number of aliphatic carboxylic acids is 1. The molecule has 4 aromatic carbocycles. The van der Waals surface area contributed by atoms with E-state index < -0.39 is 47.1 Å². The fourth-order valence-corrected chi connectivity index (χ4v) is 7.20. The number of esters is 3. The Hall–Kier alpha value is -7.16. The van der Waals surface area contributed by atoms with Crippen LogP contribution in [-0.2, 0) is 33.4 Å². The van der Waals surface area contributed by atoms with Crippen LogP contribution in [0.5, 0.6) is 0 Å². The number of nitrogens with one attached hydrogen (secondary N) is 2. The van der Waals surface area contributed by atoms with E-state index in [0.717, 1.165) is 25.5 Å². The second-order valence-electron chi connectivity index (χ2n) is 15.9. The molecule has 2 amide bonds. The lowest BCUT2D eigenvalue weighted by molar-refractivity contribution is -0.148. The van der Waals surface area contributed by atoms with Crippen molar-refractivity contribution in [2.24, 2.45) is 28.0 Å². The molecular formula is C51H60N4O11. The van der Waals surface area contributed by atoms with Crippen LogP contribution in [0.2, 0.25) is 0 Å². The highest BCUT2D eigenvalue weighted by Gasteiger charge is 2.26. The Morgan fingerprint density at radius 1 is 0.667 bits per heavy atom. The van der Waals surface area contributed by atoms with E-state index in [9.17, 15) is 39.0 Å². The van der Waals surface area contributed by atoms with E-state index >= 15 is 0 Å². The van der Waals surface area contributed by atoms with Crippen LogP contribution in [0.4, 0.5) is 17.1 Å². The number of nitrogens with zero attached hydrogens (tertiary/aromatic N) is 2. The minimum atomic E-state index is -0.927. The molecule has 4 N–H and O–H groups in total. The number of hydrogen-bond acceptors (Lipinski definition) is 12. The van der Waals surface area contributed by atoms with Crippen molar-refractivity contribution >= 4 is 58.5 Å². The SMILES string of the molecule is CCCCOC(=O)C(C)CCC(CCC(CCC(CC)C(=O)Nc1ccc(C(O)=C(N=Nc2cc(C(=O)OC)ccc2C(=O)OC)C(=O)Nc2ccccc2)cc1)C(=O)O)c1ccccc1. The molecule has 0 fully saturated rings. The number of carboxylic acid groups (broad SMARTS) is 1. The number of rotatable bonds is 25. The van der Waals surface area contributed by atoms with Gasteiger partial charge in [-0.2, -0.15) is 0 Å². The van der Waals surface area contributed by atoms with Crippen molar-refractivity contribution in [1.29, 1.82) is 0 Å². The van der Waals surface area contributed by atoms with Crippen molar-refractivity contribution in [2.45, 2.75) is 84.5 Å². The zero-order chi connectivity index (χ0) is 48.0. The molecule has 0 saturated carbocycles. The first-order valence-corrected chi connectivity index (χ1v) is 22.2. The molecule has 0 aliphatic rings. The van der Waals surface area contributed by atoms with Crippen LogP contribution in [0.15, 0.2) is 119 Å². The first-order chi connectivity index (χ1) is 31.8. The Morgan fingerprint density at radius 2 is 1.26 bits per heavy atom. The molecule has 0 aliphatic heterocycles. The van der Waals surface area contributed by atoms with Crippen LogP contribution in [0.3, 0.4) is 0 Å². The summed E-state index contributed by atoms with van der Waals surface area (Å²) in [4.78, 5) is 77.1. The van der Waals surface area contributed by atoms with Crippen molar-refractivity contribution in [3.8, 4) is 0 Å². The van der Waals surface area contributed by atoms with Gasteiger partial charge in [-0.05, 0) is 117 Å². The summed E-state index contributed by atoms with van der Waals surface area (Å²) < 4.78 is 15.1. The summed E-state index contributed by atoms with van der Waals surface area (Å²) in [5.41, 5.74) is 1.29. The quantitative estimate of drug-likeness (QED) is 0.0122. The van der Waals surface area contributed by atoms with Gasteiger partial charge in [0.15, 0.2) is 11.5 Å². The van der Waals surface area contributed by atoms with Gasteiger partial charge in [0.25, 0.3) is 5.91 Å². The fourth-order valence-electron chi connectivity index (χ4n) is 7.20. The number of para-hydroxylation sites is 1. The van der Waals surface area contributed by atoms with E-state index in [4.69, 9.17) is 14.2 Å². The molecule has 15 heteroatoms. The van der Waals surface area contributed by atoms with Crippen LogP contribution < -0.4 is 10.6 Å². The number of hydrogen-bond donors (Lipinski definition) is 4. The monoisotopic (exact) mass is 904 g/mol. The molecule has 66 heavy (non-hydrogen) atoms. The lowest BCUT2D eigenvalue weighted by Crippen LogP contribution is -2.24. The summed E-state index contributed by atoms with van der Waals surface area (Å²) in [5.74, 6) is -5.80. The van der Waals surface area contributed by atoms with E-state index in [2.05, 4.69) is 20.9 Å². The maximum atomic E-state index is 13.6. The maximum absolute atomic E-state index is 13.6. The summed E-state index contributed by atoms with van der Waals surface area (Å²) >= 11 is 0. The van der Waals surface area contributed by atoms with Gasteiger partial charge in [0.05, 0.1) is 43.8 Å². The van der Waals surface area contributed by atoms with E-state index in [1.165, 1.54) is 49.6 Å². The average Bonchev–Trinajstić information content (AvgIpc) is 3.33. The highest BCUT2D eigenvalue weighted by atomic mass is 16.5. The minimum absolute atomic E-state index is 0.0419. The second kappa shape index (κ2) is 26.6. The smallest absolute Gasteiger partial charge is 0.340 e. The summed E-state index contributed by atoms with van der Waals surface area (Å²) in [6.07, 6.45) is 5.15. The molecule has 0 saturated heterocycles. The number of aliphatic hydroxyl groups excluding tert-OH is 1. The first-order valence-electron chi connectivity index (χ1n) is 22.2. The molecule has 4 aromatic rings. The van der Waals surface area contributed by atoms with Crippen LogP contribution in [-0.4, -0.2) is 66.7 Å². The zero-order valence-electron chi connectivity index (χ0n) is 38.2. The lowest BCUT2D eigenvalue weighted by atomic mass is 9.83. The first kappa shape index (κ1) is 51.5. The van der Waals surface area contributed by atoms with Gasteiger partial charge < -0.3 is 35.1 Å². The van der Waals surface area contributed by atoms with E-state index in [0.29, 0.717) is 56.5 Å². The summed E-state index contributed by atoms with van der Waals surface area (Å²) in [6.45, 7) is 6.17. The molecule has 4 rings (SSSR count). The Kier molecular flexibility index (Phi) is 20.7. The van der Waals surface area contributed by atoms with Gasteiger partial charge in [0.1, 0.15) is 5.69 Å². The molecule has 15 nitrogen and oxygen atoms in total. The fraction of sp³-hybridized carbons (Fsp3) is 0.373. The highest BCUT2D eigenvalue weighted by molar-refractivity contribution is 6.07. The van der Waals surface area contributed by atoms with E-state index in [1.807, 2.05) is 51.1 Å². The second-order valence-corrected chi connectivity index (χ2v) is 15.9. The van der Waals surface area contributed by atoms with Crippen LogP contribution in [0.25, 0.3) is 5.76 Å². The van der Waals surface area contributed by atoms with E-state index in [1.54, 1.807) is 30.3 Å². The number of carbonyl (C=O) groups is 6. The molecular weight excluding hydrogens is 845 g/mol. The molecule has 0 bridgehead atoms. The number of methoxy groups -OCH3 is 2. The Balaban J connectivity index is 1.48. The Bertz CT molecular complexity index is 2310. The number of azo groups is 1. The molecule has 0 heterocycles. The number of ether oxygens (including phenoxy) is 3. The molecule has 0 radical (unpaired) electrons. The third-order valence-electron chi connectivity index (χ3n) is 11.3. The number of carbonyl (C=O) groups excluding carboxylic acids is 5. The predicted molar refractivity (Wildman–Crippen MR) is 250 cm³/mol. The van der Waals surface area contributed by atoms with Gasteiger partial charge in [0, 0.05) is 22.9 Å². The van der Waals surface area contributed by atoms with Gasteiger partial charge >= 0.3 is 23.9 Å². The molecule has 0 aliphatic carbocycles. The van der Waals surface area contributed by atoms with Gasteiger partial charge in [-0.25, -0.2) is 9.59 Å². The van der Waals surface area contributed by atoms with E-state index in [-0.39, 0.29) is 52.5 Å². The van der Waals surface area contributed by atoms with Crippen LogP contribution >= 0.6 is 0 Å². The molecule has 4 unspecified atom stereocenters. The number of unbranched alkanes of at least 4 members (excludes halogenated alkanes) is 1. The molecule has 0 aromatic heterocycles. The summed E-state index contributed by atoms with van der Waals surface area (Å²) in [5, 5.41) is 35.4. The standard InChI is InChI=1S/C51H60N4O11/c1-6-8-31-66-49(61)33(3)19-20-36(35-15-11-9-12-16-35)22-24-38(48(59)60)23-21-34(7-2)46(57)52-41-28-25-37(26-29-41)45(56)44(47(58)53-40-17-13-10-14-18-40)55-54-43-32-39(50(62)64-4)27-30-42(43)51(63)65-5/h9-18,25-30,32-34,36,38,56H,6-8,19-24,31H2,1-5H3,(H,52,57)(H,53,58)(H,59,60). The van der Waals surface area contributed by atoms with Crippen molar-refractivity contribution in [1.82, 2.24) is 0 Å². The van der Waals surface area contributed by atoms with Crippen molar-refractivity contribution in [3.63, 3.8) is 0 Å². The number of benzene rings is 4. The third kappa shape index (κ3) is 15.5. The van der Waals surface area contributed by atoms with Crippen LogP contribution in [0, 0.1) is 17.8 Å². The topological polar surface area (TPSA) is 219 Å². The number of aliphatic hydroxyl groups is 1. The zero-order valence-corrected chi connectivity index (χ0v) is 38.2. The van der Waals surface area contributed by atoms with Gasteiger partial charge in [-0.1, -0.05) is 75.7 Å². The Labute approximate surface area is 385 Å². The maximum Gasteiger partial charge on any atom is 0.340 e. The lowest BCUT2D eigenvalue weighted by Gasteiger charge is -2.22. The number of anilines is 2. The normalized spacial score (nSPS) is 13.3. The van der Waals surface area contributed by atoms with Gasteiger partial charge in [-0.15, -0.1) is 10.2 Å². The number of amides is 2. The van der Waals surface area contributed by atoms with Crippen molar-refractivity contribution < 1.29 is 53.2 Å². The van der Waals surface area contributed by atoms with Gasteiger partial charge in [0.2, 0.25) is 5.91 Å². The predicted octanol–water partition coefficient (Wildman–Crippen LogP) is 10.7. The number of carboxylic acids is 1. The minimum Gasteiger partial charge on any atom is -0.505 e. The highest BCUT2D eigenvalue weighted by Crippen LogP contribution is 2.32.